The molecule has 0 fully saturated rings. The van der Waals surface area contributed by atoms with Crippen LogP contribution in [-0.2, 0) is 27.1 Å². The van der Waals surface area contributed by atoms with Crippen molar-refractivity contribution in [2.24, 2.45) is 19.8 Å². The van der Waals surface area contributed by atoms with Crippen molar-refractivity contribution in [1.82, 2.24) is 24.2 Å². The van der Waals surface area contributed by atoms with Gasteiger partial charge in [-0.25, -0.2) is 0 Å². The summed E-state index contributed by atoms with van der Waals surface area (Å²) >= 11 is 1.65. The molecular weight excluding hydrogens is 396 g/mol. The number of nitrogens with zero attached hydrogens (tertiary/aromatic N) is 5. The summed E-state index contributed by atoms with van der Waals surface area (Å²) < 4.78 is 4.06. The molecule has 0 saturated heterocycles. The molecule has 0 spiro atoms. The highest BCUT2D eigenvalue weighted by atomic mass is 32.2. The van der Waals surface area contributed by atoms with Gasteiger partial charge in [-0.05, 0) is 41.8 Å². The maximum absolute atomic E-state index is 11.5. The number of amides is 1. The van der Waals surface area contributed by atoms with E-state index in [0.717, 1.165) is 54.1 Å². The molecule has 0 aliphatic carbocycles. The average Bonchev–Trinajstić information content (AvgIpc) is 3.30. The standard InChI is InChI=1S/C22H26N6OS/c1-15(12-28-10-8-16-6-7-17(20(23)29)11-18(16)13-28)14-30-22-25-24-21(27(22)3)19-5-4-9-26(19)2/h4-7,9,11H,1,8,10,12-14H2,2-3H3,(H2,23,29). The Morgan fingerprint density at radius 3 is 2.80 bits per heavy atom. The second-order valence-corrected chi connectivity index (χ2v) is 8.66. The molecule has 1 aromatic carbocycles. The summed E-state index contributed by atoms with van der Waals surface area (Å²) in [7, 11) is 3.99. The predicted octanol–water partition coefficient (Wildman–Crippen LogP) is 2.63. The topological polar surface area (TPSA) is 82.0 Å². The number of benzene rings is 1. The molecule has 3 aromatic rings. The second kappa shape index (κ2) is 8.49. The first kappa shape index (κ1) is 20.4. The molecule has 0 radical (unpaired) electrons. The molecule has 0 unspecified atom stereocenters. The molecule has 0 atom stereocenters. The van der Waals surface area contributed by atoms with Crippen LogP contribution < -0.4 is 5.73 Å². The van der Waals surface area contributed by atoms with Gasteiger partial charge in [-0.15, -0.1) is 10.2 Å². The van der Waals surface area contributed by atoms with Gasteiger partial charge < -0.3 is 14.9 Å². The normalized spacial score (nSPS) is 13.9. The van der Waals surface area contributed by atoms with E-state index >= 15 is 0 Å². The molecule has 0 bridgehead atoms. The second-order valence-electron chi connectivity index (χ2n) is 7.72. The van der Waals surface area contributed by atoms with Crippen molar-refractivity contribution in [3.05, 3.63) is 65.4 Å². The van der Waals surface area contributed by atoms with Crippen LogP contribution in [0.4, 0.5) is 0 Å². The molecule has 156 valence electrons. The number of hydrogen-bond acceptors (Lipinski definition) is 5. The molecule has 3 heterocycles. The number of aryl methyl sites for hydroxylation is 1. The number of nitrogens with two attached hydrogens (primary N) is 1. The molecule has 2 aromatic heterocycles. The Hall–Kier alpha value is -2.84. The molecule has 1 amide bonds. The zero-order valence-electron chi connectivity index (χ0n) is 17.3. The highest BCUT2D eigenvalue weighted by Crippen LogP contribution is 2.25. The van der Waals surface area contributed by atoms with E-state index < -0.39 is 0 Å². The van der Waals surface area contributed by atoms with Crippen LogP contribution in [0, 0.1) is 0 Å². The molecule has 7 nitrogen and oxygen atoms in total. The van der Waals surface area contributed by atoms with Gasteiger partial charge in [-0.3, -0.25) is 9.69 Å². The third-order valence-corrected chi connectivity index (χ3v) is 6.61. The fourth-order valence-electron chi connectivity index (χ4n) is 3.79. The number of thioether (sulfide) groups is 1. The molecule has 8 heteroatoms. The largest absolute Gasteiger partial charge is 0.366 e. The Balaban J connectivity index is 1.35. The Bertz CT molecular complexity index is 1100. The van der Waals surface area contributed by atoms with Crippen molar-refractivity contribution in [2.75, 3.05) is 18.8 Å². The predicted molar refractivity (Wildman–Crippen MR) is 119 cm³/mol. The van der Waals surface area contributed by atoms with Crippen molar-refractivity contribution in [2.45, 2.75) is 18.1 Å². The van der Waals surface area contributed by atoms with E-state index in [2.05, 4.69) is 21.7 Å². The molecule has 2 N–H and O–H groups in total. The Labute approximate surface area is 180 Å². The van der Waals surface area contributed by atoms with Gasteiger partial charge in [0.25, 0.3) is 0 Å². The van der Waals surface area contributed by atoms with Gasteiger partial charge in [0.15, 0.2) is 11.0 Å². The van der Waals surface area contributed by atoms with Crippen molar-refractivity contribution in [3.8, 4) is 11.5 Å². The molecule has 1 aliphatic heterocycles. The van der Waals surface area contributed by atoms with Gasteiger partial charge in [0, 0.05) is 51.2 Å². The Morgan fingerprint density at radius 1 is 1.23 bits per heavy atom. The number of carbonyl (C=O) groups is 1. The van der Waals surface area contributed by atoms with Crippen LogP contribution in [0.15, 0.2) is 53.8 Å². The lowest BCUT2D eigenvalue weighted by molar-refractivity contribution is 0.1000. The number of primary amides is 1. The van der Waals surface area contributed by atoms with E-state index in [1.807, 2.05) is 59.8 Å². The monoisotopic (exact) mass is 422 g/mol. The maximum atomic E-state index is 11.5. The van der Waals surface area contributed by atoms with Crippen LogP contribution in [0.3, 0.4) is 0 Å². The lowest BCUT2D eigenvalue weighted by Gasteiger charge is -2.29. The van der Waals surface area contributed by atoms with Crippen LogP contribution in [0.1, 0.15) is 21.5 Å². The summed E-state index contributed by atoms with van der Waals surface area (Å²) in [5.41, 5.74) is 10.6. The minimum atomic E-state index is -0.380. The van der Waals surface area contributed by atoms with Crippen LogP contribution in [0.2, 0.25) is 0 Å². The lowest BCUT2D eigenvalue weighted by atomic mass is 9.97. The number of aromatic nitrogens is 4. The van der Waals surface area contributed by atoms with Gasteiger partial charge in [-0.1, -0.05) is 30.0 Å². The van der Waals surface area contributed by atoms with Crippen LogP contribution in [0.5, 0.6) is 0 Å². The molecule has 4 rings (SSSR count). The molecule has 0 saturated carbocycles. The van der Waals surface area contributed by atoms with Gasteiger partial charge in [-0.2, -0.15) is 0 Å². The van der Waals surface area contributed by atoms with Crippen LogP contribution in [-0.4, -0.2) is 49.0 Å². The van der Waals surface area contributed by atoms with E-state index in [1.54, 1.807) is 11.8 Å². The van der Waals surface area contributed by atoms with Gasteiger partial charge in [0.2, 0.25) is 5.91 Å². The van der Waals surface area contributed by atoms with Gasteiger partial charge in [0.05, 0.1) is 5.69 Å². The molecule has 30 heavy (non-hydrogen) atoms. The first-order valence-corrected chi connectivity index (χ1v) is 10.9. The number of carbonyl (C=O) groups excluding carboxylic acids is 1. The number of rotatable bonds is 7. The summed E-state index contributed by atoms with van der Waals surface area (Å²) in [5, 5.41) is 9.58. The third-order valence-electron chi connectivity index (χ3n) is 5.44. The Kier molecular flexibility index (Phi) is 5.78. The van der Waals surface area contributed by atoms with Crippen LogP contribution >= 0.6 is 11.8 Å². The van der Waals surface area contributed by atoms with E-state index in [-0.39, 0.29) is 5.91 Å². The van der Waals surface area contributed by atoms with Crippen molar-refractivity contribution in [1.29, 1.82) is 0 Å². The molecule has 1 aliphatic rings. The first-order valence-electron chi connectivity index (χ1n) is 9.87. The zero-order chi connectivity index (χ0) is 21.3. The van der Waals surface area contributed by atoms with E-state index in [0.29, 0.717) is 5.56 Å². The highest BCUT2D eigenvalue weighted by molar-refractivity contribution is 7.99. The maximum Gasteiger partial charge on any atom is 0.248 e. The highest BCUT2D eigenvalue weighted by Gasteiger charge is 2.19. The quantitative estimate of drug-likeness (QED) is 0.468. The van der Waals surface area contributed by atoms with E-state index in [4.69, 9.17) is 5.73 Å². The Morgan fingerprint density at radius 2 is 2.07 bits per heavy atom. The minimum absolute atomic E-state index is 0.380. The van der Waals surface area contributed by atoms with Crippen LogP contribution in [0.25, 0.3) is 11.5 Å². The van der Waals surface area contributed by atoms with Crippen molar-refractivity contribution >= 4 is 17.7 Å². The lowest BCUT2D eigenvalue weighted by Crippen LogP contribution is -2.32. The SMILES string of the molecule is C=C(CSc1nnc(-c2cccn2C)n1C)CN1CCc2ccc(C(N)=O)cc2C1. The summed E-state index contributed by atoms with van der Waals surface area (Å²) in [5.74, 6) is 1.26. The number of hydrogen-bond donors (Lipinski definition) is 1. The first-order chi connectivity index (χ1) is 14.4. The minimum Gasteiger partial charge on any atom is -0.366 e. The molecular formula is C22H26N6OS. The van der Waals surface area contributed by atoms with Crippen molar-refractivity contribution in [3.63, 3.8) is 0 Å². The van der Waals surface area contributed by atoms with Gasteiger partial charge in [0.1, 0.15) is 0 Å². The summed E-state index contributed by atoms with van der Waals surface area (Å²) in [4.78, 5) is 13.8. The fraction of sp³-hybridized carbons (Fsp3) is 0.318. The average molecular weight is 423 g/mol. The van der Waals surface area contributed by atoms with Gasteiger partial charge >= 0.3 is 0 Å². The number of fused-ring (bicyclic) bond motifs is 1. The summed E-state index contributed by atoms with van der Waals surface area (Å²) in [6.45, 7) is 6.87. The van der Waals surface area contributed by atoms with E-state index in [9.17, 15) is 4.79 Å². The van der Waals surface area contributed by atoms with Crippen molar-refractivity contribution < 1.29 is 4.79 Å². The summed E-state index contributed by atoms with van der Waals surface area (Å²) in [6.07, 6.45) is 2.97. The smallest absolute Gasteiger partial charge is 0.248 e. The van der Waals surface area contributed by atoms with E-state index in [1.165, 1.54) is 11.1 Å². The zero-order valence-corrected chi connectivity index (χ0v) is 18.2. The summed E-state index contributed by atoms with van der Waals surface area (Å²) in [6, 6.07) is 9.80. The third kappa shape index (κ3) is 4.20. The fourth-order valence-corrected chi connectivity index (χ4v) is 4.59.